The Morgan fingerprint density at radius 1 is 0.675 bits per heavy atom. The first-order valence-corrected chi connectivity index (χ1v) is 37.3. The first-order valence-electron chi connectivity index (χ1n) is 28.0. The van der Waals surface area contributed by atoms with Crippen molar-refractivity contribution in [1.82, 2.24) is 49.5 Å². The summed E-state index contributed by atoms with van der Waals surface area (Å²) >= 11 is 0. The quantitative estimate of drug-likeness (QED) is 0.0306. The summed E-state index contributed by atoms with van der Waals surface area (Å²) in [6.07, 6.45) is 14.7. The molecule has 0 amide bonds. The molecule has 0 spiro atoms. The van der Waals surface area contributed by atoms with Crippen molar-refractivity contribution in [3.8, 4) is 63.1 Å². The normalized spacial score (nSPS) is 14.1. The van der Waals surface area contributed by atoms with E-state index in [0.717, 1.165) is 77.4 Å². The van der Waals surface area contributed by atoms with Crippen molar-refractivity contribution in [2.45, 2.75) is 162 Å². The predicted octanol–water partition coefficient (Wildman–Crippen LogP) is 9.98. The van der Waals surface area contributed by atoms with Crippen LogP contribution in [0, 0.1) is 24.7 Å². The molecule has 0 radical (unpaired) electrons. The molecule has 2 N–H and O–H groups in total. The maximum atomic E-state index is 12.3. The fourth-order valence-corrected chi connectivity index (χ4v) is 9.83. The second kappa shape index (κ2) is 28.4. The van der Waals surface area contributed by atoms with Crippen LogP contribution in [0.15, 0.2) is 66.3 Å². The molecule has 22 nitrogen and oxygen atoms in total. The molecule has 0 saturated heterocycles. The smallest absolute Gasteiger partial charge is 0.317 e. The topological polar surface area (TPSA) is 277 Å². The van der Waals surface area contributed by atoms with Crippen LogP contribution in [-0.2, 0) is 47.1 Å². The van der Waals surface area contributed by atoms with E-state index < -0.39 is 42.8 Å². The molecule has 0 aliphatic heterocycles. The monoisotopic (exact) mass is 1200 g/mol. The maximum absolute atomic E-state index is 12.3. The highest BCUT2D eigenvalue weighted by Crippen LogP contribution is 2.31. The number of carboxylic acids is 1. The zero-order valence-corrected chi connectivity index (χ0v) is 53.5. The summed E-state index contributed by atoms with van der Waals surface area (Å²) in [6.45, 7) is 26.0. The Bertz CT molecular complexity index is 3230. The number of hydrogen-bond donors (Lipinski definition) is 2. The van der Waals surface area contributed by atoms with Gasteiger partial charge in [-0.2, -0.15) is 14.6 Å². The van der Waals surface area contributed by atoms with Crippen LogP contribution in [0.2, 0.25) is 51.4 Å². The Balaban J connectivity index is 0.000000245. The van der Waals surface area contributed by atoms with Gasteiger partial charge in [-0.15, -0.1) is 10.2 Å². The van der Waals surface area contributed by atoms with Gasteiger partial charge in [0.2, 0.25) is 38.4 Å². The Hall–Kier alpha value is -6.52. The number of carbonyl (C=O) groups excluding carboxylic acids is 1. The highest BCUT2D eigenvalue weighted by atomic mass is 32.2. The molecule has 2 fully saturated rings. The molecular formula is C58H84N10O12SSi2. The van der Waals surface area contributed by atoms with E-state index in [1.54, 1.807) is 75.4 Å². The molecule has 0 atom stereocenters. The number of aliphatic hydroxyl groups is 1. The molecule has 452 valence electrons. The van der Waals surface area contributed by atoms with Crippen molar-refractivity contribution >= 4 is 37.9 Å². The number of hydrogen-bond acceptors (Lipinski definition) is 19. The minimum Gasteiger partial charge on any atom is -0.481 e. The molecule has 8 rings (SSSR count). The number of methoxy groups -OCH3 is 1. The van der Waals surface area contributed by atoms with E-state index in [1.165, 1.54) is 24.6 Å². The van der Waals surface area contributed by atoms with Gasteiger partial charge in [-0.1, -0.05) is 51.4 Å². The molecule has 6 aromatic heterocycles. The Morgan fingerprint density at radius 2 is 1.13 bits per heavy atom. The van der Waals surface area contributed by atoms with E-state index in [2.05, 4.69) is 79.4 Å². The summed E-state index contributed by atoms with van der Waals surface area (Å²) in [7, 11) is -4.74. The summed E-state index contributed by atoms with van der Waals surface area (Å²) < 4.78 is 61.5. The van der Waals surface area contributed by atoms with Gasteiger partial charge in [0, 0.05) is 94.8 Å². The number of nitrogens with zero attached hydrogens (tertiary/aromatic N) is 10. The van der Waals surface area contributed by atoms with Gasteiger partial charge in [0.1, 0.15) is 44.2 Å². The van der Waals surface area contributed by atoms with E-state index in [0.29, 0.717) is 54.9 Å². The fourth-order valence-electron chi connectivity index (χ4n) is 7.58. The number of carbonyl (C=O) groups is 2. The van der Waals surface area contributed by atoms with Crippen LogP contribution in [0.3, 0.4) is 0 Å². The number of aryl methyl sites for hydroxylation is 2. The van der Waals surface area contributed by atoms with Crippen molar-refractivity contribution in [1.29, 1.82) is 0 Å². The first-order chi connectivity index (χ1) is 38.9. The van der Waals surface area contributed by atoms with E-state index in [4.69, 9.17) is 33.5 Å². The van der Waals surface area contributed by atoms with Crippen molar-refractivity contribution in [3.63, 3.8) is 0 Å². The van der Waals surface area contributed by atoms with Gasteiger partial charge in [0.25, 0.3) is 0 Å². The lowest BCUT2D eigenvalue weighted by Gasteiger charge is -2.25. The number of aliphatic carboxylic acids is 1. The fraction of sp³-hybridized carbons (Fsp3) is 0.552. The van der Waals surface area contributed by atoms with Crippen molar-refractivity contribution < 1.29 is 56.6 Å². The maximum Gasteiger partial charge on any atom is 0.317 e. The standard InChI is InChI=1S/C28H39N5O5Si.C26H37N5O6SSi.C4H8O/c1-19-14-24(37-17-28(2,3)26(34)35)30-16-22(19)20-10-11-23(29-15-20)25-31-27(38-21-8-7-9-21)33(32-25)18-36-12-13-39(4,5)6;1-18-13-22(37-16-26(2,3)24(32)35-4)28-15-20(18)19-9-10-21(27-14-19)23-29-25(38(5,33)34)31(30-23)17-36-11-12-39(6,7)8;5-4-2-1-3-4/h10-11,14-16,21H,7-9,12-13,17-18H2,1-6H3,(H,34,35);9-10,13-15H,11-12,16-17H2,1-8H3;4-5H,1-3H2. The van der Waals surface area contributed by atoms with E-state index in [-0.39, 0.29) is 49.1 Å². The minimum absolute atomic E-state index is 0.00589. The summed E-state index contributed by atoms with van der Waals surface area (Å²) in [4.78, 5) is 49.9. The van der Waals surface area contributed by atoms with Crippen molar-refractivity contribution in [3.05, 3.63) is 72.3 Å². The molecule has 83 heavy (non-hydrogen) atoms. The van der Waals surface area contributed by atoms with E-state index in [1.807, 2.05) is 32.0 Å². The molecule has 0 bridgehead atoms. The van der Waals surface area contributed by atoms with Gasteiger partial charge in [-0.3, -0.25) is 19.6 Å². The van der Waals surface area contributed by atoms with E-state index in [9.17, 15) is 23.1 Å². The molecular weight excluding hydrogens is 1120 g/mol. The number of rotatable bonds is 25. The molecule has 25 heteroatoms. The van der Waals surface area contributed by atoms with Crippen LogP contribution in [0.4, 0.5) is 0 Å². The molecule has 0 aromatic carbocycles. The van der Waals surface area contributed by atoms with Crippen LogP contribution in [-0.4, -0.2) is 148 Å². The summed E-state index contributed by atoms with van der Waals surface area (Å²) in [5.74, 6) is 0.188. The highest BCUT2D eigenvalue weighted by molar-refractivity contribution is 7.90. The van der Waals surface area contributed by atoms with Crippen molar-refractivity contribution in [2.24, 2.45) is 10.8 Å². The van der Waals surface area contributed by atoms with Crippen LogP contribution in [0.1, 0.15) is 77.3 Å². The number of aromatic nitrogens is 10. The number of sulfone groups is 1. The lowest BCUT2D eigenvalue weighted by Crippen LogP contribution is -2.32. The Kier molecular flexibility index (Phi) is 22.4. The molecule has 2 aliphatic rings. The Labute approximate surface area is 490 Å². The average molecular weight is 1200 g/mol. The lowest BCUT2D eigenvalue weighted by molar-refractivity contribution is -0.152. The van der Waals surface area contributed by atoms with Gasteiger partial charge < -0.3 is 38.6 Å². The zero-order valence-electron chi connectivity index (χ0n) is 50.7. The Morgan fingerprint density at radius 3 is 1.52 bits per heavy atom. The largest absolute Gasteiger partial charge is 0.481 e. The molecule has 6 heterocycles. The number of pyridine rings is 4. The molecule has 0 unspecified atom stereocenters. The lowest BCUT2D eigenvalue weighted by atomic mass is 9.95. The second-order valence-electron chi connectivity index (χ2n) is 24.8. The summed E-state index contributed by atoms with van der Waals surface area (Å²) in [6, 6.07) is 13.5. The van der Waals surface area contributed by atoms with Crippen LogP contribution in [0.25, 0.3) is 45.3 Å². The van der Waals surface area contributed by atoms with Crippen molar-refractivity contribution in [2.75, 3.05) is 39.8 Å². The molecule has 2 aliphatic carbocycles. The predicted molar refractivity (Wildman–Crippen MR) is 320 cm³/mol. The van der Waals surface area contributed by atoms with Gasteiger partial charge in [-0.25, -0.2) is 23.1 Å². The van der Waals surface area contributed by atoms with Crippen LogP contribution < -0.4 is 14.2 Å². The zero-order chi connectivity index (χ0) is 60.9. The first kappa shape index (κ1) is 65.6. The molecule has 6 aromatic rings. The van der Waals surface area contributed by atoms with Gasteiger partial charge in [-0.05, 0) is 115 Å². The van der Waals surface area contributed by atoms with Gasteiger partial charge in [0.05, 0.1) is 24.0 Å². The second-order valence-corrected chi connectivity index (χ2v) is 38.0. The highest BCUT2D eigenvalue weighted by Gasteiger charge is 2.31. The minimum atomic E-state index is -3.62. The average Bonchev–Trinajstić information content (AvgIpc) is 4.10. The third kappa shape index (κ3) is 19.8. The summed E-state index contributed by atoms with van der Waals surface area (Å²) in [5.41, 5.74) is 4.56. The third-order valence-corrected chi connectivity index (χ3v) is 18.1. The summed E-state index contributed by atoms with van der Waals surface area (Å²) in [5, 5.41) is 26.6. The number of ether oxygens (including phenoxy) is 6. The number of aliphatic hydroxyl groups excluding tert-OH is 1. The third-order valence-electron chi connectivity index (χ3n) is 13.7. The number of carboxylic acid groups (broad SMARTS) is 1. The van der Waals surface area contributed by atoms with Crippen LogP contribution in [0.5, 0.6) is 17.8 Å². The van der Waals surface area contributed by atoms with E-state index >= 15 is 0 Å². The number of esters is 1. The van der Waals surface area contributed by atoms with Gasteiger partial charge >= 0.3 is 17.9 Å². The molecule has 2 saturated carbocycles. The van der Waals surface area contributed by atoms with Crippen LogP contribution >= 0.6 is 0 Å². The van der Waals surface area contributed by atoms with Gasteiger partial charge in [0.15, 0.2) is 0 Å². The SMILES string of the molecule is COC(=O)C(C)(C)COc1cc(C)c(-c2ccc(-c3nc(S(C)(=O)=O)n(COCC[Si](C)(C)C)n3)nc2)cn1.Cc1cc(OCC(C)(C)C(=O)O)ncc1-c1ccc(-c2nc(OC3CCC3)n(COCC[Si](C)(C)C)n2)nc1.OC1CCC1.